The highest BCUT2D eigenvalue weighted by atomic mass is 35.5. The summed E-state index contributed by atoms with van der Waals surface area (Å²) in [5.74, 6) is 0.866. The molecule has 154 valence electrons. The summed E-state index contributed by atoms with van der Waals surface area (Å²) in [5, 5.41) is 0.632. The van der Waals surface area contributed by atoms with Gasteiger partial charge in [-0.3, -0.25) is 9.59 Å². The van der Waals surface area contributed by atoms with E-state index >= 15 is 0 Å². The van der Waals surface area contributed by atoms with Crippen LogP contribution in [-0.2, 0) is 4.79 Å². The third-order valence-corrected chi connectivity index (χ3v) is 6.94. The molecule has 0 aromatic heterocycles. The molecule has 1 atom stereocenters. The minimum Gasteiger partial charge on any atom is -0.497 e. The SMILES string of the molecule is COc1ccc(SC(C)C(=O)N2CCC(C(=O)c3ccc(Cl)c(Cl)c3)CC2)cc1. The average Bonchev–Trinajstić information content (AvgIpc) is 2.75. The van der Waals surface area contributed by atoms with Crippen LogP contribution in [0.4, 0.5) is 0 Å². The molecule has 1 unspecified atom stereocenters. The van der Waals surface area contributed by atoms with E-state index in [4.69, 9.17) is 27.9 Å². The highest BCUT2D eigenvalue weighted by molar-refractivity contribution is 8.00. The van der Waals surface area contributed by atoms with Crippen LogP contribution in [-0.4, -0.2) is 42.0 Å². The summed E-state index contributed by atoms with van der Waals surface area (Å²) in [6, 6.07) is 12.7. The second-order valence-corrected chi connectivity index (χ2v) is 9.26. The van der Waals surface area contributed by atoms with Crippen molar-refractivity contribution in [3.05, 3.63) is 58.1 Å². The number of carbonyl (C=O) groups excluding carboxylic acids is 2. The van der Waals surface area contributed by atoms with Crippen molar-refractivity contribution in [3.8, 4) is 5.75 Å². The highest BCUT2D eigenvalue weighted by Gasteiger charge is 2.30. The van der Waals surface area contributed by atoms with Gasteiger partial charge in [-0.05, 0) is 62.2 Å². The molecule has 1 aliphatic heterocycles. The number of nitrogens with zero attached hydrogens (tertiary/aromatic N) is 1. The van der Waals surface area contributed by atoms with Crippen LogP contribution >= 0.6 is 35.0 Å². The Hall–Kier alpha value is -1.69. The number of methoxy groups -OCH3 is 1. The number of rotatable bonds is 6. The number of hydrogen-bond acceptors (Lipinski definition) is 4. The third-order valence-electron chi connectivity index (χ3n) is 5.10. The molecule has 0 bridgehead atoms. The quantitative estimate of drug-likeness (QED) is 0.423. The fourth-order valence-corrected chi connectivity index (χ4v) is 4.66. The zero-order chi connectivity index (χ0) is 21.0. The largest absolute Gasteiger partial charge is 0.497 e. The number of ether oxygens (including phenoxy) is 1. The Kier molecular flexibility index (Phi) is 7.49. The summed E-state index contributed by atoms with van der Waals surface area (Å²) in [5.41, 5.74) is 0.576. The van der Waals surface area contributed by atoms with Gasteiger partial charge in [-0.25, -0.2) is 0 Å². The predicted octanol–water partition coefficient (Wildman–Crippen LogP) is 5.60. The third kappa shape index (κ3) is 5.47. The zero-order valence-corrected chi connectivity index (χ0v) is 18.7. The molecular formula is C22H23Cl2NO3S. The van der Waals surface area contributed by atoms with Gasteiger partial charge in [0.1, 0.15) is 5.75 Å². The summed E-state index contributed by atoms with van der Waals surface area (Å²) in [4.78, 5) is 28.5. The second kappa shape index (κ2) is 9.88. The van der Waals surface area contributed by atoms with E-state index in [1.165, 1.54) is 11.8 Å². The van der Waals surface area contributed by atoms with Gasteiger partial charge in [0.2, 0.25) is 5.91 Å². The number of hydrogen-bond donors (Lipinski definition) is 0. The first kappa shape index (κ1) is 22.0. The van der Waals surface area contributed by atoms with Crippen molar-refractivity contribution in [1.82, 2.24) is 4.90 Å². The van der Waals surface area contributed by atoms with Gasteiger partial charge in [0.05, 0.1) is 22.4 Å². The molecule has 1 heterocycles. The van der Waals surface area contributed by atoms with Crippen LogP contribution in [0.1, 0.15) is 30.1 Å². The van der Waals surface area contributed by atoms with E-state index in [2.05, 4.69) is 0 Å². The van der Waals surface area contributed by atoms with E-state index < -0.39 is 0 Å². The maximum atomic E-state index is 12.8. The fraction of sp³-hybridized carbons (Fsp3) is 0.364. The molecule has 1 fully saturated rings. The second-order valence-electron chi connectivity index (χ2n) is 7.03. The summed E-state index contributed by atoms with van der Waals surface area (Å²) in [6.45, 7) is 3.10. The van der Waals surface area contributed by atoms with Crippen molar-refractivity contribution in [3.63, 3.8) is 0 Å². The lowest BCUT2D eigenvalue weighted by Gasteiger charge is -2.33. The molecule has 1 aliphatic rings. The molecule has 2 aromatic carbocycles. The minimum absolute atomic E-state index is 0.0660. The zero-order valence-electron chi connectivity index (χ0n) is 16.4. The molecule has 1 saturated heterocycles. The lowest BCUT2D eigenvalue weighted by Crippen LogP contribution is -2.43. The summed E-state index contributed by atoms with van der Waals surface area (Å²) in [7, 11) is 1.63. The number of piperidine rings is 1. The first-order valence-electron chi connectivity index (χ1n) is 9.48. The Balaban J connectivity index is 1.54. The van der Waals surface area contributed by atoms with E-state index in [0.29, 0.717) is 41.5 Å². The summed E-state index contributed by atoms with van der Waals surface area (Å²) >= 11 is 13.5. The lowest BCUT2D eigenvalue weighted by molar-refractivity contribution is -0.131. The fourth-order valence-electron chi connectivity index (χ4n) is 3.41. The van der Waals surface area contributed by atoms with E-state index in [-0.39, 0.29) is 22.9 Å². The maximum absolute atomic E-state index is 12.8. The predicted molar refractivity (Wildman–Crippen MR) is 118 cm³/mol. The van der Waals surface area contributed by atoms with Crippen molar-refractivity contribution in [2.75, 3.05) is 20.2 Å². The van der Waals surface area contributed by atoms with Crippen LogP contribution in [0.3, 0.4) is 0 Å². The molecular weight excluding hydrogens is 429 g/mol. The molecule has 0 aliphatic carbocycles. The van der Waals surface area contributed by atoms with Gasteiger partial charge in [-0.1, -0.05) is 23.2 Å². The molecule has 7 heteroatoms. The highest BCUT2D eigenvalue weighted by Crippen LogP contribution is 2.30. The van der Waals surface area contributed by atoms with Crippen LogP contribution in [0.5, 0.6) is 5.75 Å². The maximum Gasteiger partial charge on any atom is 0.235 e. The van der Waals surface area contributed by atoms with E-state index in [0.717, 1.165) is 10.6 Å². The first-order chi connectivity index (χ1) is 13.9. The topological polar surface area (TPSA) is 46.6 Å². The number of benzene rings is 2. The van der Waals surface area contributed by atoms with Crippen molar-refractivity contribution < 1.29 is 14.3 Å². The van der Waals surface area contributed by atoms with Crippen molar-refractivity contribution in [2.24, 2.45) is 5.92 Å². The van der Waals surface area contributed by atoms with Crippen LogP contribution in [0.15, 0.2) is 47.4 Å². The Labute approximate surface area is 185 Å². The van der Waals surface area contributed by atoms with Gasteiger partial charge in [0.15, 0.2) is 5.78 Å². The number of amides is 1. The van der Waals surface area contributed by atoms with Crippen molar-refractivity contribution in [2.45, 2.75) is 29.9 Å². The minimum atomic E-state index is -0.189. The van der Waals surface area contributed by atoms with Crippen LogP contribution in [0, 0.1) is 5.92 Å². The molecule has 2 aromatic rings. The van der Waals surface area contributed by atoms with E-state index in [1.807, 2.05) is 36.1 Å². The van der Waals surface area contributed by atoms with Gasteiger partial charge in [-0.2, -0.15) is 0 Å². The lowest BCUT2D eigenvalue weighted by atomic mass is 9.89. The monoisotopic (exact) mass is 451 g/mol. The Morgan fingerprint density at radius 1 is 1.07 bits per heavy atom. The molecule has 0 spiro atoms. The number of Topliss-reactive ketones (excluding diaryl/α,β-unsaturated/α-hetero) is 1. The summed E-state index contributed by atoms with van der Waals surface area (Å²) < 4.78 is 5.16. The molecule has 3 rings (SSSR count). The standard InChI is InChI=1S/C22H23Cl2NO3S/c1-14(29-18-6-4-17(28-2)5-7-18)22(27)25-11-9-15(10-12-25)21(26)16-3-8-19(23)20(24)13-16/h3-8,13-15H,9-12H2,1-2H3. The van der Waals surface area contributed by atoms with Gasteiger partial charge in [-0.15, -0.1) is 11.8 Å². The van der Waals surface area contributed by atoms with E-state index in [1.54, 1.807) is 25.3 Å². The van der Waals surface area contributed by atoms with Crippen molar-refractivity contribution in [1.29, 1.82) is 0 Å². The molecule has 0 radical (unpaired) electrons. The number of thioether (sulfide) groups is 1. The number of likely N-dealkylation sites (tertiary alicyclic amines) is 1. The van der Waals surface area contributed by atoms with Gasteiger partial charge < -0.3 is 9.64 Å². The van der Waals surface area contributed by atoms with E-state index in [9.17, 15) is 9.59 Å². The number of carbonyl (C=O) groups is 2. The molecule has 0 saturated carbocycles. The molecule has 0 N–H and O–H groups in total. The molecule has 1 amide bonds. The first-order valence-corrected chi connectivity index (χ1v) is 11.1. The van der Waals surface area contributed by atoms with Gasteiger partial charge in [0.25, 0.3) is 0 Å². The molecule has 29 heavy (non-hydrogen) atoms. The Morgan fingerprint density at radius 3 is 2.31 bits per heavy atom. The van der Waals surface area contributed by atoms with Crippen molar-refractivity contribution >= 4 is 46.7 Å². The average molecular weight is 452 g/mol. The van der Waals surface area contributed by atoms with Crippen LogP contribution in [0.25, 0.3) is 0 Å². The smallest absolute Gasteiger partial charge is 0.235 e. The Morgan fingerprint density at radius 2 is 1.72 bits per heavy atom. The Bertz CT molecular complexity index is 880. The van der Waals surface area contributed by atoms with Crippen LogP contribution in [0.2, 0.25) is 10.0 Å². The number of ketones is 1. The summed E-state index contributed by atoms with van der Waals surface area (Å²) in [6.07, 6.45) is 1.31. The molecule has 4 nitrogen and oxygen atoms in total. The normalized spacial score (nSPS) is 15.8. The number of halogens is 2. The van der Waals surface area contributed by atoms with Crippen LogP contribution < -0.4 is 4.74 Å². The van der Waals surface area contributed by atoms with Gasteiger partial charge in [0, 0.05) is 29.5 Å². The van der Waals surface area contributed by atoms with Gasteiger partial charge >= 0.3 is 0 Å².